The minimum atomic E-state index is -0.631. The molecule has 0 heterocycles. The summed E-state index contributed by atoms with van der Waals surface area (Å²) in [6.45, 7) is 0.0856. The summed E-state index contributed by atoms with van der Waals surface area (Å²) in [6.07, 6.45) is 0.0319. The van der Waals surface area contributed by atoms with Gasteiger partial charge in [-0.3, -0.25) is 9.59 Å². The standard InChI is InChI=1S/C11H12FNO4/c1-17-10(15)4-5-13-11(16)8-3-2-7(12)6-9(8)14/h2-3,6,14H,4-5H2,1H3,(H,13,16). The van der Waals surface area contributed by atoms with Gasteiger partial charge in [-0.2, -0.15) is 0 Å². The summed E-state index contributed by atoms with van der Waals surface area (Å²) in [5.74, 6) is -2.10. The molecule has 1 aromatic carbocycles. The third-order valence-electron chi connectivity index (χ3n) is 2.05. The van der Waals surface area contributed by atoms with Crippen LogP contribution in [0.1, 0.15) is 16.8 Å². The first-order valence-electron chi connectivity index (χ1n) is 4.88. The second kappa shape index (κ2) is 5.83. The van der Waals surface area contributed by atoms with E-state index in [9.17, 15) is 19.1 Å². The fraction of sp³-hybridized carbons (Fsp3) is 0.273. The van der Waals surface area contributed by atoms with Crippen LogP contribution in [0.3, 0.4) is 0 Å². The molecule has 0 saturated heterocycles. The van der Waals surface area contributed by atoms with E-state index in [4.69, 9.17) is 0 Å². The summed E-state index contributed by atoms with van der Waals surface area (Å²) < 4.78 is 17.0. The highest BCUT2D eigenvalue weighted by Crippen LogP contribution is 2.17. The number of hydrogen-bond donors (Lipinski definition) is 2. The summed E-state index contributed by atoms with van der Waals surface area (Å²) in [5.41, 5.74) is -0.0451. The average Bonchev–Trinajstić information content (AvgIpc) is 2.28. The minimum Gasteiger partial charge on any atom is -0.507 e. The van der Waals surface area contributed by atoms with Crippen molar-refractivity contribution in [1.29, 1.82) is 0 Å². The van der Waals surface area contributed by atoms with Crippen molar-refractivity contribution in [3.63, 3.8) is 0 Å². The number of phenolic OH excluding ortho intramolecular Hbond substituents is 1. The Labute approximate surface area is 97.2 Å². The van der Waals surface area contributed by atoms with Gasteiger partial charge in [-0.25, -0.2) is 4.39 Å². The van der Waals surface area contributed by atoms with Crippen molar-refractivity contribution in [3.05, 3.63) is 29.6 Å². The van der Waals surface area contributed by atoms with E-state index in [1.807, 2.05) is 0 Å². The van der Waals surface area contributed by atoms with Crippen molar-refractivity contribution in [2.75, 3.05) is 13.7 Å². The Hall–Kier alpha value is -2.11. The van der Waals surface area contributed by atoms with E-state index in [0.717, 1.165) is 18.2 Å². The van der Waals surface area contributed by atoms with Gasteiger partial charge in [0.2, 0.25) is 0 Å². The Bertz CT molecular complexity index is 433. The fourth-order valence-corrected chi connectivity index (χ4v) is 1.17. The predicted molar refractivity (Wildman–Crippen MR) is 57.0 cm³/mol. The third kappa shape index (κ3) is 3.75. The number of carbonyl (C=O) groups is 2. The Kier molecular flexibility index (Phi) is 4.45. The van der Waals surface area contributed by atoms with Crippen LogP contribution in [0.2, 0.25) is 0 Å². The monoisotopic (exact) mass is 241 g/mol. The lowest BCUT2D eigenvalue weighted by atomic mass is 10.2. The van der Waals surface area contributed by atoms with Crippen LogP contribution in [0.5, 0.6) is 5.75 Å². The lowest BCUT2D eigenvalue weighted by Crippen LogP contribution is -2.26. The molecule has 0 radical (unpaired) electrons. The van der Waals surface area contributed by atoms with Crippen molar-refractivity contribution in [3.8, 4) is 5.75 Å². The molecule has 0 aromatic heterocycles. The maximum atomic E-state index is 12.7. The molecule has 5 nitrogen and oxygen atoms in total. The summed E-state index contributed by atoms with van der Waals surface area (Å²) in [5, 5.41) is 11.7. The number of amides is 1. The van der Waals surface area contributed by atoms with E-state index in [2.05, 4.69) is 10.1 Å². The van der Waals surface area contributed by atoms with Gasteiger partial charge >= 0.3 is 5.97 Å². The van der Waals surface area contributed by atoms with Crippen molar-refractivity contribution in [2.45, 2.75) is 6.42 Å². The highest BCUT2D eigenvalue weighted by molar-refractivity contribution is 5.96. The van der Waals surface area contributed by atoms with E-state index in [0.29, 0.717) is 0 Å². The molecule has 0 atom stereocenters. The number of phenols is 1. The van der Waals surface area contributed by atoms with Gasteiger partial charge in [0.15, 0.2) is 0 Å². The van der Waals surface area contributed by atoms with Gasteiger partial charge in [-0.1, -0.05) is 0 Å². The van der Waals surface area contributed by atoms with E-state index in [1.165, 1.54) is 7.11 Å². The number of hydrogen-bond acceptors (Lipinski definition) is 4. The van der Waals surface area contributed by atoms with Crippen LogP contribution >= 0.6 is 0 Å². The van der Waals surface area contributed by atoms with Crippen LogP contribution in [0.4, 0.5) is 4.39 Å². The molecule has 2 N–H and O–H groups in total. The van der Waals surface area contributed by atoms with Gasteiger partial charge in [0.05, 0.1) is 19.1 Å². The molecule has 0 aliphatic carbocycles. The van der Waals surface area contributed by atoms with E-state index >= 15 is 0 Å². The van der Waals surface area contributed by atoms with Gasteiger partial charge < -0.3 is 15.2 Å². The Morgan fingerprint density at radius 2 is 2.18 bits per heavy atom. The number of methoxy groups -OCH3 is 1. The Morgan fingerprint density at radius 1 is 1.47 bits per heavy atom. The first-order chi connectivity index (χ1) is 8.04. The first kappa shape index (κ1) is 13.0. The largest absolute Gasteiger partial charge is 0.507 e. The third-order valence-corrected chi connectivity index (χ3v) is 2.05. The number of nitrogens with one attached hydrogen (secondary N) is 1. The molecule has 17 heavy (non-hydrogen) atoms. The first-order valence-corrected chi connectivity index (χ1v) is 4.88. The van der Waals surface area contributed by atoms with Crippen molar-refractivity contribution < 1.29 is 23.8 Å². The maximum absolute atomic E-state index is 12.7. The van der Waals surface area contributed by atoms with Crippen molar-refractivity contribution >= 4 is 11.9 Å². The molecule has 6 heteroatoms. The number of halogens is 1. The molecule has 0 spiro atoms. The van der Waals surface area contributed by atoms with Gasteiger partial charge in [0.1, 0.15) is 11.6 Å². The normalized spacial score (nSPS) is 9.76. The highest BCUT2D eigenvalue weighted by Gasteiger charge is 2.11. The van der Waals surface area contributed by atoms with Crippen LogP contribution < -0.4 is 5.32 Å². The van der Waals surface area contributed by atoms with Gasteiger partial charge in [-0.15, -0.1) is 0 Å². The molecule has 92 valence electrons. The SMILES string of the molecule is COC(=O)CCNC(=O)c1ccc(F)cc1O. The zero-order valence-electron chi connectivity index (χ0n) is 9.20. The number of carbonyl (C=O) groups excluding carboxylic acids is 2. The molecule has 0 bridgehead atoms. The second-order valence-electron chi connectivity index (χ2n) is 3.24. The molecule has 0 fully saturated rings. The second-order valence-corrected chi connectivity index (χ2v) is 3.24. The molecule has 1 aromatic rings. The van der Waals surface area contributed by atoms with Crippen LogP contribution in [0.25, 0.3) is 0 Å². The van der Waals surface area contributed by atoms with Gasteiger partial charge in [0, 0.05) is 12.6 Å². The van der Waals surface area contributed by atoms with E-state index in [-0.39, 0.29) is 18.5 Å². The van der Waals surface area contributed by atoms with Crippen LogP contribution in [-0.4, -0.2) is 30.6 Å². The molecule has 0 aliphatic rings. The molecular weight excluding hydrogens is 229 g/mol. The summed E-state index contributed by atoms with van der Waals surface area (Å²) in [4.78, 5) is 22.3. The number of benzene rings is 1. The Morgan fingerprint density at radius 3 is 2.76 bits per heavy atom. The number of ether oxygens (including phenoxy) is 1. The summed E-state index contributed by atoms with van der Waals surface area (Å²) in [7, 11) is 1.25. The van der Waals surface area contributed by atoms with Crippen LogP contribution in [0.15, 0.2) is 18.2 Å². The highest BCUT2D eigenvalue weighted by atomic mass is 19.1. The average molecular weight is 241 g/mol. The van der Waals surface area contributed by atoms with Crippen molar-refractivity contribution in [2.24, 2.45) is 0 Å². The van der Waals surface area contributed by atoms with Crippen LogP contribution in [0, 0.1) is 5.82 Å². The van der Waals surface area contributed by atoms with Crippen molar-refractivity contribution in [1.82, 2.24) is 5.32 Å². The molecule has 0 unspecified atom stereocenters. The molecule has 1 amide bonds. The number of aromatic hydroxyl groups is 1. The predicted octanol–water partition coefficient (Wildman–Crippen LogP) is 0.824. The molecular formula is C11H12FNO4. The summed E-state index contributed by atoms with van der Waals surface area (Å²) in [6, 6.07) is 3.07. The van der Waals surface area contributed by atoms with E-state index < -0.39 is 23.4 Å². The fourth-order valence-electron chi connectivity index (χ4n) is 1.17. The number of rotatable bonds is 4. The Balaban J connectivity index is 2.55. The summed E-state index contributed by atoms with van der Waals surface area (Å²) >= 11 is 0. The van der Waals surface area contributed by atoms with Crippen LogP contribution in [-0.2, 0) is 9.53 Å². The number of esters is 1. The minimum absolute atomic E-state index is 0.0319. The van der Waals surface area contributed by atoms with Gasteiger partial charge in [0.25, 0.3) is 5.91 Å². The van der Waals surface area contributed by atoms with Gasteiger partial charge in [-0.05, 0) is 12.1 Å². The van der Waals surface area contributed by atoms with E-state index in [1.54, 1.807) is 0 Å². The quantitative estimate of drug-likeness (QED) is 0.765. The molecule has 0 aliphatic heterocycles. The maximum Gasteiger partial charge on any atom is 0.307 e. The molecule has 0 saturated carbocycles. The zero-order chi connectivity index (χ0) is 12.8. The lowest BCUT2D eigenvalue weighted by Gasteiger charge is -2.06. The topological polar surface area (TPSA) is 75.6 Å². The lowest BCUT2D eigenvalue weighted by molar-refractivity contribution is -0.140. The zero-order valence-corrected chi connectivity index (χ0v) is 9.20. The smallest absolute Gasteiger partial charge is 0.307 e. The molecule has 1 rings (SSSR count).